The van der Waals surface area contributed by atoms with Crippen LogP contribution in [0, 0.1) is 0 Å². The number of hydrogen-bond donors (Lipinski definition) is 1. The van der Waals surface area contributed by atoms with Crippen molar-refractivity contribution in [2.24, 2.45) is 0 Å². The third-order valence-electron chi connectivity index (χ3n) is 3.84. The third-order valence-corrected chi connectivity index (χ3v) is 4.77. The molecule has 0 aliphatic carbocycles. The number of nitrogens with one attached hydrogen (secondary N) is 1. The lowest BCUT2D eigenvalue weighted by Crippen LogP contribution is -2.12. The maximum absolute atomic E-state index is 12.5. The van der Waals surface area contributed by atoms with Gasteiger partial charge in [-0.1, -0.05) is 41.7 Å². The third kappa shape index (κ3) is 3.78. The van der Waals surface area contributed by atoms with Crippen LogP contribution < -0.4 is 10.1 Å². The fraction of sp³-hybridized carbons (Fsp3) is 0.100. The molecule has 1 N–H and O–H groups in total. The lowest BCUT2D eigenvalue weighted by atomic mass is 10.2. The Balaban J connectivity index is 1.51. The number of amides is 1. The molecule has 27 heavy (non-hydrogen) atoms. The standard InChI is InChI=1S/C20H16N4O2S/c1-2-26-15-8-9-16-17(10-15)27-20(23-16)24-19(25)14-11-21-18(22-12-14)13-6-4-3-5-7-13/h3-12H,2H2,1H3,(H,23,24,25). The number of nitrogens with zero attached hydrogens (tertiary/aromatic N) is 3. The molecule has 0 saturated carbocycles. The Hall–Kier alpha value is -3.32. The average Bonchev–Trinajstić information content (AvgIpc) is 3.10. The first-order valence-corrected chi connectivity index (χ1v) is 9.27. The maximum atomic E-state index is 12.5. The first-order chi connectivity index (χ1) is 13.2. The van der Waals surface area contributed by atoms with Gasteiger partial charge in [-0.15, -0.1) is 0 Å². The second kappa shape index (κ2) is 7.51. The highest BCUT2D eigenvalue weighted by Crippen LogP contribution is 2.29. The van der Waals surface area contributed by atoms with E-state index in [9.17, 15) is 4.79 Å². The molecule has 0 aliphatic rings. The van der Waals surface area contributed by atoms with E-state index in [2.05, 4.69) is 20.3 Å². The van der Waals surface area contributed by atoms with Crippen molar-refractivity contribution in [3.05, 3.63) is 66.5 Å². The van der Waals surface area contributed by atoms with Gasteiger partial charge in [-0.3, -0.25) is 10.1 Å². The molecular weight excluding hydrogens is 360 g/mol. The van der Waals surface area contributed by atoms with Crippen molar-refractivity contribution in [1.29, 1.82) is 0 Å². The monoisotopic (exact) mass is 376 g/mol. The van der Waals surface area contributed by atoms with Gasteiger partial charge in [-0.05, 0) is 25.1 Å². The van der Waals surface area contributed by atoms with Crippen LogP contribution in [-0.4, -0.2) is 27.5 Å². The summed E-state index contributed by atoms with van der Waals surface area (Å²) in [4.78, 5) is 25.5. The van der Waals surface area contributed by atoms with E-state index in [0.717, 1.165) is 21.5 Å². The van der Waals surface area contributed by atoms with Crippen molar-refractivity contribution in [3.8, 4) is 17.1 Å². The summed E-state index contributed by atoms with van der Waals surface area (Å²) in [5.41, 5.74) is 2.10. The molecule has 2 heterocycles. The van der Waals surface area contributed by atoms with Crippen LogP contribution >= 0.6 is 11.3 Å². The molecule has 0 fully saturated rings. The van der Waals surface area contributed by atoms with Gasteiger partial charge < -0.3 is 4.74 Å². The first-order valence-electron chi connectivity index (χ1n) is 8.45. The molecule has 0 unspecified atom stereocenters. The van der Waals surface area contributed by atoms with Gasteiger partial charge in [0, 0.05) is 18.0 Å². The molecule has 0 saturated heterocycles. The molecule has 0 atom stereocenters. The minimum absolute atomic E-state index is 0.293. The Morgan fingerprint density at radius 1 is 1.11 bits per heavy atom. The number of ether oxygens (including phenoxy) is 1. The SMILES string of the molecule is CCOc1ccc2nc(NC(=O)c3cnc(-c4ccccc4)nc3)sc2c1. The van der Waals surface area contributed by atoms with Crippen LogP contribution in [0.4, 0.5) is 5.13 Å². The van der Waals surface area contributed by atoms with Crippen molar-refractivity contribution in [2.75, 3.05) is 11.9 Å². The summed E-state index contributed by atoms with van der Waals surface area (Å²) in [5, 5.41) is 3.33. The zero-order valence-electron chi connectivity index (χ0n) is 14.5. The molecule has 4 rings (SSSR count). The Bertz CT molecular complexity index is 1080. The van der Waals surface area contributed by atoms with Crippen LogP contribution in [0.1, 0.15) is 17.3 Å². The van der Waals surface area contributed by atoms with Crippen molar-refractivity contribution < 1.29 is 9.53 Å². The van der Waals surface area contributed by atoms with Crippen LogP contribution in [0.5, 0.6) is 5.75 Å². The van der Waals surface area contributed by atoms with Gasteiger partial charge in [0.2, 0.25) is 0 Å². The van der Waals surface area contributed by atoms with Gasteiger partial charge in [0.25, 0.3) is 5.91 Å². The van der Waals surface area contributed by atoms with Crippen LogP contribution in [0.15, 0.2) is 60.9 Å². The number of aromatic nitrogens is 3. The number of carbonyl (C=O) groups excluding carboxylic acids is 1. The Labute approximate surface area is 159 Å². The van der Waals surface area contributed by atoms with Gasteiger partial charge in [0.05, 0.1) is 22.4 Å². The number of rotatable bonds is 5. The molecule has 4 aromatic rings. The largest absolute Gasteiger partial charge is 0.494 e. The van der Waals surface area contributed by atoms with Gasteiger partial charge in [0.1, 0.15) is 5.75 Å². The number of fused-ring (bicyclic) bond motifs is 1. The average molecular weight is 376 g/mol. The number of carbonyl (C=O) groups is 1. The van der Waals surface area contributed by atoms with Crippen molar-refractivity contribution >= 4 is 32.6 Å². The molecule has 0 bridgehead atoms. The molecule has 6 nitrogen and oxygen atoms in total. The van der Waals surface area contributed by atoms with Gasteiger partial charge in [-0.2, -0.15) is 0 Å². The minimum atomic E-state index is -0.293. The van der Waals surface area contributed by atoms with E-state index in [0.29, 0.717) is 23.1 Å². The van der Waals surface area contributed by atoms with Crippen LogP contribution in [0.2, 0.25) is 0 Å². The number of anilines is 1. The Kier molecular flexibility index (Phi) is 4.76. The smallest absolute Gasteiger partial charge is 0.260 e. The van der Waals surface area contributed by atoms with Crippen molar-refractivity contribution in [3.63, 3.8) is 0 Å². The highest BCUT2D eigenvalue weighted by molar-refractivity contribution is 7.22. The van der Waals surface area contributed by atoms with E-state index in [4.69, 9.17) is 4.74 Å². The summed E-state index contributed by atoms with van der Waals surface area (Å²) in [6.07, 6.45) is 3.04. The highest BCUT2D eigenvalue weighted by atomic mass is 32.1. The minimum Gasteiger partial charge on any atom is -0.494 e. The van der Waals surface area contributed by atoms with Crippen LogP contribution in [-0.2, 0) is 0 Å². The van der Waals surface area contributed by atoms with E-state index >= 15 is 0 Å². The lowest BCUT2D eigenvalue weighted by molar-refractivity contribution is 0.102. The fourth-order valence-corrected chi connectivity index (χ4v) is 3.46. The summed E-state index contributed by atoms with van der Waals surface area (Å²) >= 11 is 1.40. The van der Waals surface area contributed by atoms with Crippen LogP contribution in [0.25, 0.3) is 21.6 Å². The summed E-state index contributed by atoms with van der Waals surface area (Å²) in [5.74, 6) is 1.07. The van der Waals surface area contributed by atoms with E-state index in [1.165, 1.54) is 23.7 Å². The van der Waals surface area contributed by atoms with Gasteiger partial charge >= 0.3 is 0 Å². The molecule has 0 radical (unpaired) electrons. The molecule has 7 heteroatoms. The summed E-state index contributed by atoms with van der Waals surface area (Å²) in [7, 11) is 0. The second-order valence-electron chi connectivity index (χ2n) is 5.70. The second-order valence-corrected chi connectivity index (χ2v) is 6.73. The van der Waals surface area contributed by atoms with Gasteiger partial charge in [-0.25, -0.2) is 15.0 Å². The predicted octanol–water partition coefficient (Wildman–Crippen LogP) is 4.40. The molecule has 134 valence electrons. The summed E-state index contributed by atoms with van der Waals surface area (Å²) in [6, 6.07) is 15.3. The lowest BCUT2D eigenvalue weighted by Gasteiger charge is -2.03. The fourth-order valence-electron chi connectivity index (χ4n) is 2.57. The van der Waals surface area contributed by atoms with E-state index in [1.54, 1.807) is 0 Å². The number of thiazole rings is 1. The van der Waals surface area contributed by atoms with E-state index in [-0.39, 0.29) is 5.91 Å². The quantitative estimate of drug-likeness (QED) is 0.558. The Morgan fingerprint density at radius 3 is 2.63 bits per heavy atom. The Morgan fingerprint density at radius 2 is 1.89 bits per heavy atom. The van der Waals surface area contributed by atoms with Crippen molar-refractivity contribution in [2.45, 2.75) is 6.92 Å². The highest BCUT2D eigenvalue weighted by Gasteiger charge is 2.12. The van der Waals surface area contributed by atoms with E-state index in [1.807, 2.05) is 55.5 Å². The zero-order valence-corrected chi connectivity index (χ0v) is 15.4. The van der Waals surface area contributed by atoms with Crippen LogP contribution in [0.3, 0.4) is 0 Å². The molecule has 2 aromatic heterocycles. The summed E-state index contributed by atoms with van der Waals surface area (Å²) < 4.78 is 6.45. The molecule has 2 aromatic carbocycles. The molecular formula is C20H16N4O2S. The molecule has 0 spiro atoms. The maximum Gasteiger partial charge on any atom is 0.260 e. The molecule has 1 amide bonds. The zero-order chi connectivity index (χ0) is 18.6. The summed E-state index contributed by atoms with van der Waals surface area (Å²) in [6.45, 7) is 2.54. The van der Waals surface area contributed by atoms with E-state index < -0.39 is 0 Å². The molecule has 0 aliphatic heterocycles. The first kappa shape index (κ1) is 17.1. The normalized spacial score (nSPS) is 10.7. The number of benzene rings is 2. The number of hydrogen-bond acceptors (Lipinski definition) is 6. The van der Waals surface area contributed by atoms with Crippen molar-refractivity contribution in [1.82, 2.24) is 15.0 Å². The van der Waals surface area contributed by atoms with Gasteiger partial charge in [0.15, 0.2) is 11.0 Å². The predicted molar refractivity (Wildman–Crippen MR) is 106 cm³/mol. The topological polar surface area (TPSA) is 77.0 Å².